The molecule has 7 heteroatoms. The van der Waals surface area contributed by atoms with Gasteiger partial charge in [0.15, 0.2) is 0 Å². The number of morpholine rings is 1. The van der Waals surface area contributed by atoms with Crippen LogP contribution in [0.25, 0.3) is 0 Å². The number of urea groups is 1. The van der Waals surface area contributed by atoms with Crippen molar-refractivity contribution in [1.82, 2.24) is 15.5 Å². The van der Waals surface area contributed by atoms with Gasteiger partial charge in [-0.2, -0.15) is 0 Å². The number of carbonyl (C=O) groups excluding carboxylic acids is 1. The highest BCUT2D eigenvalue weighted by molar-refractivity contribution is 5.73. The molecule has 1 aromatic rings. The molecule has 1 atom stereocenters. The van der Waals surface area contributed by atoms with Gasteiger partial charge in [-0.05, 0) is 30.4 Å². The lowest BCUT2D eigenvalue weighted by molar-refractivity contribution is 0.0168. The standard InChI is InChI=1S/C21H33N3O4/c25-21(22-7-3-10-27-17-20-6-2-11-28-20)23-15-18-4-1-5-19(14-18)16-24-8-12-26-13-9-24/h1,4-5,14,20H,2-3,6-13,15-17H2,(H2,22,23,25)/t20-/m1/s1. The van der Waals surface area contributed by atoms with E-state index >= 15 is 0 Å². The zero-order valence-corrected chi connectivity index (χ0v) is 16.7. The van der Waals surface area contributed by atoms with Gasteiger partial charge in [-0.1, -0.05) is 24.3 Å². The van der Waals surface area contributed by atoms with Crippen LogP contribution in [0.4, 0.5) is 4.79 Å². The summed E-state index contributed by atoms with van der Waals surface area (Å²) in [5.41, 5.74) is 2.38. The summed E-state index contributed by atoms with van der Waals surface area (Å²) < 4.78 is 16.5. The van der Waals surface area contributed by atoms with Crippen LogP contribution in [-0.4, -0.2) is 69.7 Å². The number of carbonyl (C=O) groups is 1. The van der Waals surface area contributed by atoms with Gasteiger partial charge in [0.1, 0.15) is 0 Å². The van der Waals surface area contributed by atoms with Crippen molar-refractivity contribution in [3.8, 4) is 0 Å². The van der Waals surface area contributed by atoms with Gasteiger partial charge in [0.2, 0.25) is 0 Å². The first-order valence-electron chi connectivity index (χ1n) is 10.4. The number of hydrogen-bond acceptors (Lipinski definition) is 5. The number of nitrogens with zero attached hydrogens (tertiary/aromatic N) is 1. The Bertz CT molecular complexity index is 587. The average Bonchev–Trinajstić information content (AvgIpc) is 3.24. The van der Waals surface area contributed by atoms with E-state index in [1.54, 1.807) is 0 Å². The van der Waals surface area contributed by atoms with E-state index in [0.717, 1.165) is 64.3 Å². The van der Waals surface area contributed by atoms with Gasteiger partial charge in [0.05, 0.1) is 25.9 Å². The highest BCUT2D eigenvalue weighted by atomic mass is 16.5. The van der Waals surface area contributed by atoms with E-state index in [4.69, 9.17) is 14.2 Å². The molecule has 2 saturated heterocycles. The predicted molar refractivity (Wildman–Crippen MR) is 107 cm³/mol. The molecular formula is C21H33N3O4. The van der Waals surface area contributed by atoms with E-state index in [2.05, 4.69) is 33.7 Å². The van der Waals surface area contributed by atoms with Crippen LogP contribution in [0.1, 0.15) is 30.4 Å². The topological polar surface area (TPSA) is 72.1 Å². The van der Waals surface area contributed by atoms with Gasteiger partial charge in [0.25, 0.3) is 0 Å². The molecule has 0 aliphatic carbocycles. The number of ether oxygens (including phenoxy) is 3. The Morgan fingerprint density at radius 1 is 1.18 bits per heavy atom. The van der Waals surface area contributed by atoms with Crippen LogP contribution in [0.5, 0.6) is 0 Å². The van der Waals surface area contributed by atoms with Gasteiger partial charge in [-0.3, -0.25) is 4.90 Å². The fourth-order valence-corrected chi connectivity index (χ4v) is 3.47. The maximum atomic E-state index is 12.0. The molecule has 2 amide bonds. The molecular weight excluding hydrogens is 358 g/mol. The molecule has 2 aliphatic rings. The van der Waals surface area contributed by atoms with Crippen LogP contribution in [-0.2, 0) is 27.3 Å². The van der Waals surface area contributed by atoms with E-state index in [-0.39, 0.29) is 12.1 Å². The molecule has 2 heterocycles. The zero-order valence-electron chi connectivity index (χ0n) is 16.7. The highest BCUT2D eigenvalue weighted by Crippen LogP contribution is 2.12. The van der Waals surface area contributed by atoms with Crippen LogP contribution < -0.4 is 10.6 Å². The second-order valence-corrected chi connectivity index (χ2v) is 7.38. The lowest BCUT2D eigenvalue weighted by Gasteiger charge is -2.26. The summed E-state index contributed by atoms with van der Waals surface area (Å²) in [6.07, 6.45) is 3.28. The molecule has 7 nitrogen and oxygen atoms in total. The normalized spacial score (nSPS) is 20.2. The van der Waals surface area contributed by atoms with Crippen molar-refractivity contribution < 1.29 is 19.0 Å². The fraction of sp³-hybridized carbons (Fsp3) is 0.667. The van der Waals surface area contributed by atoms with Crippen molar-refractivity contribution in [2.75, 3.05) is 52.7 Å². The predicted octanol–water partition coefficient (Wildman–Crippen LogP) is 1.90. The summed E-state index contributed by atoms with van der Waals surface area (Å²) in [4.78, 5) is 14.3. The monoisotopic (exact) mass is 391 g/mol. The van der Waals surface area contributed by atoms with E-state index in [0.29, 0.717) is 26.3 Å². The molecule has 2 fully saturated rings. The maximum Gasteiger partial charge on any atom is 0.315 e. The molecule has 0 unspecified atom stereocenters. The largest absolute Gasteiger partial charge is 0.379 e. The Balaban J connectivity index is 1.26. The lowest BCUT2D eigenvalue weighted by atomic mass is 10.1. The third kappa shape index (κ3) is 7.75. The van der Waals surface area contributed by atoms with Crippen molar-refractivity contribution in [2.24, 2.45) is 0 Å². The number of benzene rings is 1. The Kier molecular flexibility index (Phi) is 9.03. The zero-order chi connectivity index (χ0) is 19.4. The lowest BCUT2D eigenvalue weighted by Crippen LogP contribution is -2.36. The second kappa shape index (κ2) is 12.0. The van der Waals surface area contributed by atoms with Gasteiger partial charge >= 0.3 is 6.03 Å². The molecule has 28 heavy (non-hydrogen) atoms. The first kappa shape index (κ1) is 21.0. The van der Waals surface area contributed by atoms with Gasteiger partial charge in [0, 0.05) is 45.9 Å². The average molecular weight is 392 g/mol. The van der Waals surface area contributed by atoms with Crippen molar-refractivity contribution in [3.63, 3.8) is 0 Å². The molecule has 0 bridgehead atoms. The summed E-state index contributed by atoms with van der Waals surface area (Å²) in [6.45, 7) is 7.77. The Morgan fingerprint density at radius 2 is 2.04 bits per heavy atom. The molecule has 0 saturated carbocycles. The minimum atomic E-state index is -0.141. The Hall–Kier alpha value is -1.67. The van der Waals surface area contributed by atoms with E-state index in [1.165, 1.54) is 5.56 Å². The molecule has 3 rings (SSSR count). The van der Waals surface area contributed by atoms with E-state index < -0.39 is 0 Å². The number of rotatable bonds is 10. The van der Waals surface area contributed by atoms with Crippen molar-refractivity contribution in [3.05, 3.63) is 35.4 Å². The van der Waals surface area contributed by atoms with Crippen molar-refractivity contribution in [1.29, 1.82) is 0 Å². The van der Waals surface area contributed by atoms with Crippen LogP contribution >= 0.6 is 0 Å². The highest BCUT2D eigenvalue weighted by Gasteiger charge is 2.15. The fourth-order valence-electron chi connectivity index (χ4n) is 3.47. The quantitative estimate of drug-likeness (QED) is 0.596. The maximum absolute atomic E-state index is 12.0. The summed E-state index contributed by atoms with van der Waals surface area (Å²) >= 11 is 0. The molecule has 156 valence electrons. The number of nitrogens with one attached hydrogen (secondary N) is 2. The third-order valence-corrected chi connectivity index (χ3v) is 5.03. The number of hydrogen-bond donors (Lipinski definition) is 2. The SMILES string of the molecule is O=C(NCCCOC[C@H]1CCCO1)NCc1cccc(CN2CCOCC2)c1. The summed E-state index contributed by atoms with van der Waals surface area (Å²) in [5, 5.41) is 5.80. The van der Waals surface area contributed by atoms with Crippen molar-refractivity contribution >= 4 is 6.03 Å². The molecule has 2 aliphatic heterocycles. The molecule has 0 spiro atoms. The van der Waals surface area contributed by atoms with Gasteiger partial charge in [-0.25, -0.2) is 4.79 Å². The van der Waals surface area contributed by atoms with Gasteiger partial charge < -0.3 is 24.8 Å². The third-order valence-electron chi connectivity index (χ3n) is 5.03. The molecule has 1 aromatic carbocycles. The first-order valence-corrected chi connectivity index (χ1v) is 10.4. The Labute approximate surface area is 167 Å². The van der Waals surface area contributed by atoms with Crippen molar-refractivity contribution in [2.45, 2.75) is 38.5 Å². The minimum absolute atomic E-state index is 0.141. The van der Waals surface area contributed by atoms with Crippen LogP contribution in [0.3, 0.4) is 0 Å². The van der Waals surface area contributed by atoms with Crippen LogP contribution in [0.15, 0.2) is 24.3 Å². The van der Waals surface area contributed by atoms with Crippen LogP contribution in [0.2, 0.25) is 0 Å². The van der Waals surface area contributed by atoms with Crippen LogP contribution in [0, 0.1) is 0 Å². The summed E-state index contributed by atoms with van der Waals surface area (Å²) in [6, 6.07) is 8.25. The summed E-state index contributed by atoms with van der Waals surface area (Å²) in [5.74, 6) is 0. The second-order valence-electron chi connectivity index (χ2n) is 7.38. The summed E-state index contributed by atoms with van der Waals surface area (Å²) in [7, 11) is 0. The smallest absolute Gasteiger partial charge is 0.315 e. The molecule has 0 aromatic heterocycles. The number of amides is 2. The van der Waals surface area contributed by atoms with E-state index in [1.807, 2.05) is 6.07 Å². The molecule has 0 radical (unpaired) electrons. The first-order chi connectivity index (χ1) is 13.8. The van der Waals surface area contributed by atoms with E-state index in [9.17, 15) is 4.79 Å². The Morgan fingerprint density at radius 3 is 2.86 bits per heavy atom. The minimum Gasteiger partial charge on any atom is -0.379 e. The molecule has 2 N–H and O–H groups in total. The van der Waals surface area contributed by atoms with Gasteiger partial charge in [-0.15, -0.1) is 0 Å².